The van der Waals surface area contributed by atoms with Gasteiger partial charge in [-0.15, -0.1) is 5.10 Å². The molecule has 24 heavy (non-hydrogen) atoms. The number of hydrogen-bond donors (Lipinski definition) is 1. The highest BCUT2D eigenvalue weighted by molar-refractivity contribution is 5.85. The van der Waals surface area contributed by atoms with Crippen molar-refractivity contribution in [3.05, 3.63) is 42.2 Å². The van der Waals surface area contributed by atoms with Crippen LogP contribution in [-0.4, -0.2) is 44.8 Å². The summed E-state index contributed by atoms with van der Waals surface area (Å²) in [5.41, 5.74) is 1.91. The molecule has 0 bridgehead atoms. The summed E-state index contributed by atoms with van der Waals surface area (Å²) in [6.07, 6.45) is 5.84. The van der Waals surface area contributed by atoms with Gasteiger partial charge in [0.1, 0.15) is 0 Å². The van der Waals surface area contributed by atoms with Crippen LogP contribution >= 0.6 is 0 Å². The lowest BCUT2D eigenvalue weighted by atomic mass is 10.1. The number of rotatable bonds is 5. The van der Waals surface area contributed by atoms with Crippen molar-refractivity contribution in [2.45, 2.75) is 32.2 Å². The highest BCUT2D eigenvalue weighted by Gasteiger charge is 2.21. The van der Waals surface area contributed by atoms with E-state index in [0.29, 0.717) is 13.0 Å². The van der Waals surface area contributed by atoms with Crippen LogP contribution < -0.4 is 5.32 Å². The average molecular weight is 327 g/mol. The van der Waals surface area contributed by atoms with Gasteiger partial charge < -0.3 is 10.2 Å². The van der Waals surface area contributed by atoms with Crippen LogP contribution in [0.15, 0.2) is 36.7 Å². The van der Waals surface area contributed by atoms with Gasteiger partial charge in [-0.05, 0) is 37.5 Å². The number of aromatic nitrogens is 3. The smallest absolute Gasteiger partial charge is 0.240 e. The Bertz CT molecular complexity index is 696. The van der Waals surface area contributed by atoms with Gasteiger partial charge in [0.05, 0.1) is 30.7 Å². The van der Waals surface area contributed by atoms with Crippen LogP contribution in [0.2, 0.25) is 0 Å². The van der Waals surface area contributed by atoms with Crippen molar-refractivity contribution in [1.82, 2.24) is 25.2 Å². The molecule has 2 heterocycles. The fourth-order valence-electron chi connectivity index (χ4n) is 2.83. The van der Waals surface area contributed by atoms with Crippen LogP contribution in [0.1, 0.15) is 37.8 Å². The van der Waals surface area contributed by atoms with E-state index in [4.69, 9.17) is 0 Å². The van der Waals surface area contributed by atoms with Crippen molar-refractivity contribution < 1.29 is 9.59 Å². The number of carbonyl (C=O) groups excluding carboxylic acids is 2. The van der Waals surface area contributed by atoms with E-state index in [0.717, 1.165) is 24.1 Å². The van der Waals surface area contributed by atoms with Gasteiger partial charge in [-0.2, -0.15) is 0 Å². The third kappa shape index (κ3) is 3.79. The molecule has 7 nitrogen and oxygen atoms in total. The summed E-state index contributed by atoms with van der Waals surface area (Å²) in [5, 5.41) is 10.7. The quantitative estimate of drug-likeness (QED) is 0.901. The molecule has 1 N–H and O–H groups in total. The van der Waals surface area contributed by atoms with Crippen LogP contribution in [0.4, 0.5) is 0 Å². The van der Waals surface area contributed by atoms with E-state index in [1.165, 1.54) is 0 Å². The summed E-state index contributed by atoms with van der Waals surface area (Å²) in [5.74, 6) is -0.0562. The van der Waals surface area contributed by atoms with Gasteiger partial charge in [0.25, 0.3) is 0 Å². The van der Waals surface area contributed by atoms with Crippen LogP contribution in [-0.2, 0) is 9.59 Å². The molecule has 1 aromatic carbocycles. The van der Waals surface area contributed by atoms with Crippen molar-refractivity contribution >= 4 is 11.8 Å². The molecule has 2 aromatic rings. The number of carbonyl (C=O) groups is 2. The minimum Gasteiger partial charge on any atom is -0.348 e. The molecule has 1 saturated heterocycles. The minimum atomic E-state index is -0.127. The van der Waals surface area contributed by atoms with E-state index in [-0.39, 0.29) is 24.4 Å². The van der Waals surface area contributed by atoms with Crippen LogP contribution in [0.5, 0.6) is 0 Å². The molecule has 1 fully saturated rings. The van der Waals surface area contributed by atoms with Gasteiger partial charge in [0.15, 0.2) is 0 Å². The van der Waals surface area contributed by atoms with Crippen molar-refractivity contribution in [1.29, 1.82) is 0 Å². The van der Waals surface area contributed by atoms with Gasteiger partial charge in [-0.25, -0.2) is 4.68 Å². The normalized spacial score (nSPS) is 16.0. The molecule has 1 aromatic heterocycles. The number of piperidine rings is 1. The maximum atomic E-state index is 12.2. The molecule has 0 aliphatic carbocycles. The molecule has 1 aliphatic heterocycles. The zero-order chi connectivity index (χ0) is 16.9. The van der Waals surface area contributed by atoms with E-state index >= 15 is 0 Å². The molecular formula is C17H21N5O2. The van der Waals surface area contributed by atoms with E-state index in [2.05, 4.69) is 15.6 Å². The SMILES string of the molecule is C[C@@H](NC(=O)CN1CCCCC1=O)c1ccc(-n2ccnn2)cc1. The number of benzene rings is 1. The first-order chi connectivity index (χ1) is 11.6. The fourth-order valence-corrected chi connectivity index (χ4v) is 2.83. The lowest BCUT2D eigenvalue weighted by Crippen LogP contribution is -2.43. The zero-order valence-electron chi connectivity index (χ0n) is 13.7. The Hall–Kier alpha value is -2.70. The van der Waals surface area contributed by atoms with Gasteiger partial charge in [-0.1, -0.05) is 17.3 Å². The first-order valence-electron chi connectivity index (χ1n) is 8.17. The predicted octanol–water partition coefficient (Wildman–Crippen LogP) is 1.46. The second kappa shape index (κ2) is 7.25. The van der Waals surface area contributed by atoms with Gasteiger partial charge >= 0.3 is 0 Å². The van der Waals surface area contributed by atoms with E-state index in [1.54, 1.807) is 22.0 Å². The van der Waals surface area contributed by atoms with Gasteiger partial charge in [0.2, 0.25) is 11.8 Å². The monoisotopic (exact) mass is 327 g/mol. The molecule has 0 unspecified atom stereocenters. The van der Waals surface area contributed by atoms with Crippen molar-refractivity contribution in [3.63, 3.8) is 0 Å². The zero-order valence-corrected chi connectivity index (χ0v) is 13.7. The average Bonchev–Trinajstić information content (AvgIpc) is 3.11. The van der Waals surface area contributed by atoms with Crippen molar-refractivity contribution in [2.75, 3.05) is 13.1 Å². The third-order valence-corrected chi connectivity index (χ3v) is 4.21. The first kappa shape index (κ1) is 16.2. The maximum absolute atomic E-state index is 12.2. The molecule has 2 amide bonds. The maximum Gasteiger partial charge on any atom is 0.240 e. The molecule has 7 heteroatoms. The summed E-state index contributed by atoms with van der Waals surface area (Å²) in [6.45, 7) is 2.74. The molecule has 1 aliphatic rings. The molecule has 126 valence electrons. The Balaban J connectivity index is 1.57. The second-order valence-electron chi connectivity index (χ2n) is 6.00. The van der Waals surface area contributed by atoms with Crippen molar-refractivity contribution in [2.24, 2.45) is 0 Å². The van der Waals surface area contributed by atoms with E-state index in [1.807, 2.05) is 31.2 Å². The highest BCUT2D eigenvalue weighted by atomic mass is 16.2. The standard InChI is InChI=1S/C17H21N5O2/c1-13(19-16(23)12-21-10-3-2-4-17(21)24)14-5-7-15(8-6-14)22-11-9-18-20-22/h5-9,11,13H,2-4,10,12H2,1H3,(H,19,23)/t13-/m1/s1. The third-order valence-electron chi connectivity index (χ3n) is 4.21. The van der Waals surface area contributed by atoms with E-state index in [9.17, 15) is 9.59 Å². The second-order valence-corrected chi connectivity index (χ2v) is 6.00. The Morgan fingerprint density at radius 3 is 2.75 bits per heavy atom. The summed E-state index contributed by atoms with van der Waals surface area (Å²) in [4.78, 5) is 25.6. The number of hydrogen-bond acceptors (Lipinski definition) is 4. The number of nitrogens with zero attached hydrogens (tertiary/aromatic N) is 4. The predicted molar refractivity (Wildman–Crippen MR) is 88.3 cm³/mol. The summed E-state index contributed by atoms with van der Waals surface area (Å²) in [6, 6.07) is 7.64. The summed E-state index contributed by atoms with van der Waals surface area (Å²) >= 11 is 0. The Kier molecular flexibility index (Phi) is 4.88. The molecule has 1 atom stereocenters. The number of amides is 2. The Morgan fingerprint density at radius 1 is 1.29 bits per heavy atom. The topological polar surface area (TPSA) is 80.1 Å². The fraction of sp³-hybridized carbons (Fsp3) is 0.412. The van der Waals surface area contributed by atoms with Crippen LogP contribution in [0, 0.1) is 0 Å². The van der Waals surface area contributed by atoms with Gasteiger partial charge in [0, 0.05) is 13.0 Å². The number of likely N-dealkylation sites (tertiary alicyclic amines) is 1. The molecule has 0 saturated carbocycles. The Morgan fingerprint density at radius 2 is 2.08 bits per heavy atom. The molecular weight excluding hydrogens is 306 g/mol. The lowest BCUT2D eigenvalue weighted by molar-refractivity contribution is -0.138. The molecule has 0 radical (unpaired) electrons. The summed E-state index contributed by atoms with van der Waals surface area (Å²) < 4.78 is 1.68. The first-order valence-corrected chi connectivity index (χ1v) is 8.17. The number of nitrogens with one attached hydrogen (secondary N) is 1. The van der Waals surface area contributed by atoms with E-state index < -0.39 is 0 Å². The molecule has 0 spiro atoms. The van der Waals surface area contributed by atoms with Gasteiger partial charge in [-0.3, -0.25) is 9.59 Å². The lowest BCUT2D eigenvalue weighted by Gasteiger charge is -2.26. The van der Waals surface area contributed by atoms with Crippen LogP contribution in [0.3, 0.4) is 0 Å². The molecule has 3 rings (SSSR count). The summed E-state index contributed by atoms with van der Waals surface area (Å²) in [7, 11) is 0. The largest absolute Gasteiger partial charge is 0.348 e. The van der Waals surface area contributed by atoms with Crippen molar-refractivity contribution in [3.8, 4) is 5.69 Å². The Labute approximate surface area is 140 Å². The van der Waals surface area contributed by atoms with Crippen LogP contribution in [0.25, 0.3) is 5.69 Å². The minimum absolute atomic E-state index is 0.0706. The highest BCUT2D eigenvalue weighted by Crippen LogP contribution is 2.15.